The number of hydrogen-bond donors (Lipinski definition) is 0. The van der Waals surface area contributed by atoms with Gasteiger partial charge in [-0.1, -0.05) is 6.92 Å². The van der Waals surface area contributed by atoms with E-state index in [0.29, 0.717) is 0 Å². The number of hydrogen-bond acceptors (Lipinski definition) is 0. The lowest BCUT2D eigenvalue weighted by Crippen LogP contribution is -1.68. The van der Waals surface area contributed by atoms with E-state index in [-0.39, 0.29) is 0 Å². The van der Waals surface area contributed by atoms with Crippen LogP contribution in [0.4, 0.5) is 0 Å². The zero-order valence-corrected chi connectivity index (χ0v) is 4.78. The molecule has 1 saturated carbocycles. The predicted octanol–water partition coefficient (Wildman–Crippen LogP) is 2.18. The summed E-state index contributed by atoms with van der Waals surface area (Å²) < 4.78 is 0. The molecular weight excluding hydrogens is 84.1 g/mol. The largest absolute Gasteiger partial charge is 0.0897 e. The molecule has 0 saturated heterocycles. The van der Waals surface area contributed by atoms with Crippen LogP contribution in [0.2, 0.25) is 0 Å². The maximum atomic E-state index is 3.68. The topological polar surface area (TPSA) is 0 Å². The van der Waals surface area contributed by atoms with Gasteiger partial charge in [0, 0.05) is 6.58 Å². The number of rotatable bonds is 2. The molecule has 1 aliphatic carbocycles. The molecule has 0 aliphatic heterocycles. The highest BCUT2D eigenvalue weighted by Gasteiger charge is 2.40. The van der Waals surface area contributed by atoms with Crippen LogP contribution in [0, 0.1) is 11.8 Å². The summed E-state index contributed by atoms with van der Waals surface area (Å²) in [6.45, 7) is 5.91. The average molecular weight is 95.2 g/mol. The quantitative estimate of drug-likeness (QED) is 0.461. The maximum Gasteiger partial charge on any atom is 0.0897 e. The summed E-state index contributed by atoms with van der Waals surface area (Å²) in [6, 6.07) is 0. The third kappa shape index (κ3) is 0.792. The highest BCUT2D eigenvalue weighted by molar-refractivity contribution is 5.24. The van der Waals surface area contributed by atoms with Gasteiger partial charge in [-0.05, 0) is 6.42 Å². The average Bonchev–Trinajstić information content (AvgIpc) is 2.43. The maximum absolute atomic E-state index is 3.68. The van der Waals surface area contributed by atoms with E-state index in [0.717, 1.165) is 5.92 Å². The fourth-order valence-corrected chi connectivity index (χ4v) is 0.882. The van der Waals surface area contributed by atoms with Crippen LogP contribution in [0.5, 0.6) is 0 Å². The lowest BCUT2D eigenvalue weighted by molar-refractivity contribution is 0.815. The SMILES string of the molecule is C=C[C+]1CC1CC. The van der Waals surface area contributed by atoms with Gasteiger partial charge >= 0.3 is 0 Å². The van der Waals surface area contributed by atoms with Crippen LogP contribution in [0.15, 0.2) is 12.7 Å². The molecule has 0 bridgehead atoms. The van der Waals surface area contributed by atoms with E-state index in [1.165, 1.54) is 12.8 Å². The Hall–Kier alpha value is -0.390. The summed E-state index contributed by atoms with van der Waals surface area (Å²) in [5.41, 5.74) is 0. The smallest absolute Gasteiger partial charge is 0.0630 e. The van der Waals surface area contributed by atoms with Crippen LogP contribution >= 0.6 is 0 Å². The fourth-order valence-electron chi connectivity index (χ4n) is 0.882. The predicted molar refractivity (Wildman–Crippen MR) is 31.8 cm³/mol. The minimum atomic E-state index is 0.914. The lowest BCUT2D eigenvalue weighted by atomic mass is 10.2. The summed E-state index contributed by atoms with van der Waals surface area (Å²) in [5.74, 6) is 2.47. The molecule has 1 unspecified atom stereocenters. The van der Waals surface area contributed by atoms with Gasteiger partial charge in [-0.15, -0.1) is 0 Å². The molecule has 1 aliphatic rings. The second-order valence-corrected chi connectivity index (χ2v) is 2.09. The van der Waals surface area contributed by atoms with E-state index < -0.39 is 0 Å². The second kappa shape index (κ2) is 1.61. The monoisotopic (exact) mass is 95.1 g/mol. The third-order valence-corrected chi connectivity index (χ3v) is 1.60. The molecule has 0 heterocycles. The van der Waals surface area contributed by atoms with Crippen molar-refractivity contribution in [3.05, 3.63) is 18.6 Å². The van der Waals surface area contributed by atoms with Crippen LogP contribution < -0.4 is 0 Å². The Morgan fingerprint density at radius 1 is 2.00 bits per heavy atom. The molecule has 0 aromatic heterocycles. The zero-order valence-electron chi connectivity index (χ0n) is 4.78. The van der Waals surface area contributed by atoms with Crippen molar-refractivity contribution in [1.82, 2.24) is 0 Å². The molecule has 0 spiro atoms. The highest BCUT2D eigenvalue weighted by Crippen LogP contribution is 2.43. The van der Waals surface area contributed by atoms with Gasteiger partial charge in [-0.25, -0.2) is 0 Å². The normalized spacial score (nSPS) is 27.6. The van der Waals surface area contributed by atoms with Gasteiger partial charge in [-0.3, -0.25) is 0 Å². The molecule has 0 N–H and O–H groups in total. The second-order valence-electron chi connectivity index (χ2n) is 2.09. The third-order valence-electron chi connectivity index (χ3n) is 1.60. The van der Waals surface area contributed by atoms with Gasteiger partial charge in [0.1, 0.15) is 0 Å². The van der Waals surface area contributed by atoms with E-state index in [4.69, 9.17) is 0 Å². The van der Waals surface area contributed by atoms with Gasteiger partial charge in [-0.2, -0.15) is 0 Å². The molecule has 38 valence electrons. The van der Waals surface area contributed by atoms with E-state index in [9.17, 15) is 0 Å². The highest BCUT2D eigenvalue weighted by atomic mass is 14.4. The van der Waals surface area contributed by atoms with Crippen molar-refractivity contribution in [3.63, 3.8) is 0 Å². The summed E-state index contributed by atoms with van der Waals surface area (Å²) in [7, 11) is 0. The molecule has 0 aromatic rings. The van der Waals surface area contributed by atoms with Gasteiger partial charge in [0.15, 0.2) is 0 Å². The standard InChI is InChI=1S/C7H11/c1-3-6-5-7(6)4-2/h3,7H,1,4-5H2,2H3/q+1. The van der Waals surface area contributed by atoms with Crippen molar-refractivity contribution >= 4 is 0 Å². The number of allylic oxidation sites excluding steroid dienone is 1. The van der Waals surface area contributed by atoms with Crippen LogP contribution in [-0.2, 0) is 0 Å². The van der Waals surface area contributed by atoms with E-state index in [2.05, 4.69) is 13.5 Å². The Kier molecular flexibility index (Phi) is 1.09. The van der Waals surface area contributed by atoms with Crippen LogP contribution in [0.3, 0.4) is 0 Å². The van der Waals surface area contributed by atoms with Crippen LogP contribution in [0.1, 0.15) is 19.8 Å². The van der Waals surface area contributed by atoms with Crippen molar-refractivity contribution in [3.8, 4) is 0 Å². The first-order valence-electron chi connectivity index (χ1n) is 2.86. The molecule has 0 nitrogen and oxygen atoms in total. The fraction of sp³-hybridized carbons (Fsp3) is 0.571. The zero-order chi connectivity index (χ0) is 5.28. The minimum Gasteiger partial charge on any atom is -0.0630 e. The molecular formula is C7H11+. The minimum absolute atomic E-state index is 0.914. The van der Waals surface area contributed by atoms with Gasteiger partial charge in [0.25, 0.3) is 0 Å². The Labute approximate surface area is 45.2 Å². The molecule has 0 heteroatoms. The summed E-state index contributed by atoms with van der Waals surface area (Å²) in [5, 5.41) is 0. The van der Waals surface area contributed by atoms with Gasteiger partial charge < -0.3 is 0 Å². The Bertz CT molecular complexity index is 74.1. The summed E-state index contributed by atoms with van der Waals surface area (Å²) in [4.78, 5) is 0. The Morgan fingerprint density at radius 2 is 2.71 bits per heavy atom. The van der Waals surface area contributed by atoms with Gasteiger partial charge in [0.2, 0.25) is 0 Å². The summed E-state index contributed by atoms with van der Waals surface area (Å²) in [6.07, 6.45) is 4.62. The first kappa shape index (κ1) is 4.76. The van der Waals surface area contributed by atoms with E-state index in [1.54, 1.807) is 5.92 Å². The van der Waals surface area contributed by atoms with Gasteiger partial charge in [0.05, 0.1) is 24.3 Å². The van der Waals surface area contributed by atoms with Crippen molar-refractivity contribution in [2.45, 2.75) is 19.8 Å². The van der Waals surface area contributed by atoms with Crippen molar-refractivity contribution < 1.29 is 0 Å². The molecule has 0 amide bonds. The first-order valence-corrected chi connectivity index (χ1v) is 2.86. The molecule has 0 aromatic carbocycles. The van der Waals surface area contributed by atoms with E-state index in [1.807, 2.05) is 6.08 Å². The van der Waals surface area contributed by atoms with E-state index >= 15 is 0 Å². The molecule has 0 radical (unpaired) electrons. The molecule has 7 heavy (non-hydrogen) atoms. The first-order chi connectivity index (χ1) is 3.38. The Balaban J connectivity index is 2.17. The van der Waals surface area contributed by atoms with Crippen molar-refractivity contribution in [1.29, 1.82) is 0 Å². The molecule has 1 rings (SSSR count). The molecule has 1 fully saturated rings. The van der Waals surface area contributed by atoms with Crippen LogP contribution in [0.25, 0.3) is 0 Å². The summed E-state index contributed by atoms with van der Waals surface area (Å²) >= 11 is 0. The Morgan fingerprint density at radius 3 is 2.86 bits per heavy atom. The molecule has 1 atom stereocenters. The van der Waals surface area contributed by atoms with Crippen molar-refractivity contribution in [2.75, 3.05) is 0 Å². The van der Waals surface area contributed by atoms with Crippen LogP contribution in [-0.4, -0.2) is 0 Å². The lowest BCUT2D eigenvalue weighted by Gasteiger charge is -1.73. The van der Waals surface area contributed by atoms with Crippen molar-refractivity contribution in [2.24, 2.45) is 5.92 Å².